The summed E-state index contributed by atoms with van der Waals surface area (Å²) in [6, 6.07) is 5.76. The SMILES string of the molecule is CC(NCc1cc(C#N)ccc1F)C(=O)N1CCOCC1. The van der Waals surface area contributed by atoms with E-state index >= 15 is 0 Å². The number of halogens is 1. The number of carbonyl (C=O) groups excluding carboxylic acids is 1. The number of nitrogens with one attached hydrogen (secondary N) is 1. The van der Waals surface area contributed by atoms with Gasteiger partial charge in [0, 0.05) is 25.2 Å². The molecular weight excluding hydrogens is 273 g/mol. The number of carbonyl (C=O) groups is 1. The summed E-state index contributed by atoms with van der Waals surface area (Å²) in [5.74, 6) is -0.400. The van der Waals surface area contributed by atoms with Crippen molar-refractivity contribution in [2.45, 2.75) is 19.5 Å². The molecule has 2 rings (SSSR count). The first-order valence-electron chi connectivity index (χ1n) is 6.90. The van der Waals surface area contributed by atoms with E-state index in [1.165, 1.54) is 18.2 Å². The molecule has 0 aliphatic carbocycles. The molecule has 1 N–H and O–H groups in total. The minimum atomic E-state index is -0.409. The quantitative estimate of drug-likeness (QED) is 0.900. The number of rotatable bonds is 4. The normalized spacial score (nSPS) is 16.3. The van der Waals surface area contributed by atoms with Crippen LogP contribution in [-0.2, 0) is 16.1 Å². The average Bonchev–Trinajstić information content (AvgIpc) is 2.54. The maximum atomic E-state index is 13.7. The predicted molar refractivity (Wildman–Crippen MR) is 74.8 cm³/mol. The van der Waals surface area contributed by atoms with Gasteiger partial charge in [-0.1, -0.05) is 0 Å². The van der Waals surface area contributed by atoms with Gasteiger partial charge >= 0.3 is 0 Å². The first kappa shape index (κ1) is 15.4. The number of hydrogen-bond donors (Lipinski definition) is 1. The van der Waals surface area contributed by atoms with Crippen LogP contribution >= 0.6 is 0 Å². The summed E-state index contributed by atoms with van der Waals surface area (Å²) in [6.45, 7) is 4.24. The van der Waals surface area contributed by atoms with Crippen LogP contribution < -0.4 is 5.32 Å². The maximum absolute atomic E-state index is 13.7. The zero-order chi connectivity index (χ0) is 15.2. The molecule has 1 heterocycles. The Labute approximate surface area is 123 Å². The Morgan fingerprint density at radius 1 is 1.52 bits per heavy atom. The monoisotopic (exact) mass is 291 g/mol. The van der Waals surface area contributed by atoms with Gasteiger partial charge in [0.2, 0.25) is 5.91 Å². The molecule has 1 aromatic rings. The Morgan fingerprint density at radius 3 is 2.90 bits per heavy atom. The second-order valence-corrected chi connectivity index (χ2v) is 4.96. The van der Waals surface area contributed by atoms with Crippen molar-refractivity contribution >= 4 is 5.91 Å². The number of ether oxygens (including phenoxy) is 1. The number of amides is 1. The van der Waals surface area contributed by atoms with Gasteiger partial charge in [-0.2, -0.15) is 5.26 Å². The van der Waals surface area contributed by atoms with E-state index in [4.69, 9.17) is 10.00 Å². The highest BCUT2D eigenvalue weighted by Crippen LogP contribution is 2.10. The lowest BCUT2D eigenvalue weighted by Crippen LogP contribution is -2.49. The van der Waals surface area contributed by atoms with Crippen LogP contribution in [0.3, 0.4) is 0 Å². The van der Waals surface area contributed by atoms with Crippen molar-refractivity contribution in [3.05, 3.63) is 35.1 Å². The first-order valence-corrected chi connectivity index (χ1v) is 6.90. The van der Waals surface area contributed by atoms with Crippen LogP contribution in [0.4, 0.5) is 4.39 Å². The standard InChI is InChI=1S/C15H18FN3O2/c1-11(15(20)19-4-6-21-7-5-19)18-10-13-8-12(9-17)2-3-14(13)16/h2-3,8,11,18H,4-7,10H2,1H3. The first-order chi connectivity index (χ1) is 10.1. The molecule has 6 heteroatoms. The van der Waals surface area contributed by atoms with Crippen molar-refractivity contribution in [1.29, 1.82) is 5.26 Å². The van der Waals surface area contributed by atoms with Gasteiger partial charge in [-0.3, -0.25) is 4.79 Å². The fourth-order valence-corrected chi connectivity index (χ4v) is 2.19. The molecule has 0 saturated carbocycles. The van der Waals surface area contributed by atoms with Crippen LogP contribution in [0.25, 0.3) is 0 Å². The van der Waals surface area contributed by atoms with Crippen LogP contribution in [0.1, 0.15) is 18.1 Å². The lowest BCUT2D eigenvalue weighted by atomic mass is 10.1. The summed E-state index contributed by atoms with van der Waals surface area (Å²) in [5.41, 5.74) is 0.788. The summed E-state index contributed by atoms with van der Waals surface area (Å²) in [7, 11) is 0. The Balaban J connectivity index is 1.93. The molecule has 0 aromatic heterocycles. The zero-order valence-electron chi connectivity index (χ0n) is 11.9. The molecule has 112 valence electrons. The second-order valence-electron chi connectivity index (χ2n) is 4.96. The molecule has 1 aliphatic rings. The van der Waals surface area contributed by atoms with Crippen LogP contribution in [-0.4, -0.2) is 43.2 Å². The van der Waals surface area contributed by atoms with Gasteiger partial charge < -0.3 is 15.0 Å². The third kappa shape index (κ3) is 4.00. The number of morpholine rings is 1. The predicted octanol–water partition coefficient (Wildman–Crippen LogP) is 1.03. The Kier molecular flexibility index (Phi) is 5.26. The summed E-state index contributed by atoms with van der Waals surface area (Å²) < 4.78 is 18.9. The van der Waals surface area contributed by atoms with E-state index < -0.39 is 6.04 Å². The van der Waals surface area contributed by atoms with E-state index in [1.807, 2.05) is 6.07 Å². The number of benzene rings is 1. The topological polar surface area (TPSA) is 65.4 Å². The molecule has 0 spiro atoms. The molecule has 1 amide bonds. The van der Waals surface area contributed by atoms with Crippen molar-refractivity contribution in [3.63, 3.8) is 0 Å². The molecule has 0 bridgehead atoms. The molecule has 5 nitrogen and oxygen atoms in total. The van der Waals surface area contributed by atoms with Gasteiger partial charge in [0.1, 0.15) is 5.82 Å². The van der Waals surface area contributed by atoms with Crippen LogP contribution in [0.2, 0.25) is 0 Å². The van der Waals surface area contributed by atoms with Gasteiger partial charge in [0.05, 0.1) is 30.9 Å². The highest BCUT2D eigenvalue weighted by molar-refractivity contribution is 5.81. The van der Waals surface area contributed by atoms with Crippen molar-refractivity contribution in [2.75, 3.05) is 26.3 Å². The lowest BCUT2D eigenvalue weighted by Gasteiger charge is -2.29. The summed E-state index contributed by atoms with van der Waals surface area (Å²) in [5, 5.41) is 11.8. The fraction of sp³-hybridized carbons (Fsp3) is 0.467. The number of hydrogen-bond acceptors (Lipinski definition) is 4. The molecule has 1 unspecified atom stereocenters. The molecule has 1 atom stereocenters. The van der Waals surface area contributed by atoms with Crippen molar-refractivity contribution in [1.82, 2.24) is 10.2 Å². The molecular formula is C15H18FN3O2. The fourth-order valence-electron chi connectivity index (χ4n) is 2.19. The van der Waals surface area contributed by atoms with E-state index in [-0.39, 0.29) is 18.3 Å². The van der Waals surface area contributed by atoms with E-state index in [1.54, 1.807) is 11.8 Å². The maximum Gasteiger partial charge on any atom is 0.239 e. The average molecular weight is 291 g/mol. The highest BCUT2D eigenvalue weighted by atomic mass is 19.1. The van der Waals surface area contributed by atoms with Crippen molar-refractivity contribution < 1.29 is 13.9 Å². The minimum absolute atomic E-state index is 0.0184. The Bertz CT molecular complexity index is 550. The van der Waals surface area contributed by atoms with Gasteiger partial charge in [-0.05, 0) is 25.1 Å². The molecule has 1 aliphatic heterocycles. The highest BCUT2D eigenvalue weighted by Gasteiger charge is 2.22. The largest absolute Gasteiger partial charge is 0.378 e. The number of nitrogens with zero attached hydrogens (tertiary/aromatic N) is 2. The molecule has 1 saturated heterocycles. The molecule has 1 aromatic carbocycles. The number of nitriles is 1. The molecule has 0 radical (unpaired) electrons. The van der Waals surface area contributed by atoms with Gasteiger partial charge in [-0.15, -0.1) is 0 Å². The van der Waals surface area contributed by atoms with E-state index in [0.717, 1.165) is 0 Å². The molecule has 21 heavy (non-hydrogen) atoms. The molecule has 1 fully saturated rings. The zero-order valence-corrected chi connectivity index (χ0v) is 11.9. The van der Waals surface area contributed by atoms with E-state index in [9.17, 15) is 9.18 Å². The van der Waals surface area contributed by atoms with Crippen molar-refractivity contribution in [2.24, 2.45) is 0 Å². The summed E-state index contributed by atoms with van der Waals surface area (Å²) in [6.07, 6.45) is 0. The third-order valence-electron chi connectivity index (χ3n) is 3.47. The minimum Gasteiger partial charge on any atom is -0.378 e. The van der Waals surface area contributed by atoms with E-state index in [2.05, 4.69) is 5.32 Å². The van der Waals surface area contributed by atoms with E-state index in [0.29, 0.717) is 37.4 Å². The Morgan fingerprint density at radius 2 is 2.24 bits per heavy atom. The smallest absolute Gasteiger partial charge is 0.239 e. The second kappa shape index (κ2) is 7.16. The van der Waals surface area contributed by atoms with Crippen LogP contribution in [0.5, 0.6) is 0 Å². The van der Waals surface area contributed by atoms with Crippen LogP contribution in [0.15, 0.2) is 18.2 Å². The van der Waals surface area contributed by atoms with Crippen molar-refractivity contribution in [3.8, 4) is 6.07 Å². The summed E-state index contributed by atoms with van der Waals surface area (Å²) >= 11 is 0. The Hall–Kier alpha value is -1.97. The lowest BCUT2D eigenvalue weighted by molar-refractivity contribution is -0.137. The van der Waals surface area contributed by atoms with Gasteiger partial charge in [-0.25, -0.2) is 4.39 Å². The van der Waals surface area contributed by atoms with Gasteiger partial charge in [0.15, 0.2) is 0 Å². The van der Waals surface area contributed by atoms with Crippen LogP contribution in [0, 0.1) is 17.1 Å². The van der Waals surface area contributed by atoms with Gasteiger partial charge in [0.25, 0.3) is 0 Å². The summed E-state index contributed by atoms with van der Waals surface area (Å²) in [4.78, 5) is 13.9. The third-order valence-corrected chi connectivity index (χ3v) is 3.47.